The third-order valence-corrected chi connectivity index (χ3v) is 5.63. The summed E-state index contributed by atoms with van der Waals surface area (Å²) in [5.74, 6) is -4.69. The van der Waals surface area contributed by atoms with Crippen LogP contribution in [0.15, 0.2) is 35.5 Å². The third kappa shape index (κ3) is 9.44. The number of H-pyrrole nitrogens is 1. The number of rotatable bonds is 15. The smallest absolute Gasteiger partial charge is 0.326 e. The highest BCUT2D eigenvalue weighted by Crippen LogP contribution is 2.19. The Kier molecular flexibility index (Phi) is 11.1. The van der Waals surface area contributed by atoms with Crippen LogP contribution in [0.1, 0.15) is 38.2 Å². The molecule has 0 aliphatic rings. The standard InChI is InChI=1S/C24H33N7O7/c1-13(32)29-17(7-4-10-27-24(25)26)21(35)31-19(11-14-12-28-16-6-3-2-5-15(14)16)22(36)30-18(23(37)38)8-9-20(33)34/h2-3,5-6,12,17-19,28H,4,7-11H2,1H3,(H,29,32)(H,30,36)(H,31,35)(H,33,34)(H,37,38)(H4,25,26,27)/t17-,18-,19-/m0/s1. The Balaban J connectivity index is 2.27. The number of carboxylic acids is 2. The fraction of sp³-hybridized carbons (Fsp3) is 0.417. The van der Waals surface area contributed by atoms with E-state index >= 15 is 0 Å². The maximum Gasteiger partial charge on any atom is 0.326 e. The molecule has 0 aliphatic carbocycles. The number of aromatic nitrogens is 1. The second-order valence-corrected chi connectivity index (χ2v) is 8.66. The summed E-state index contributed by atoms with van der Waals surface area (Å²) in [5.41, 5.74) is 12.1. The zero-order valence-electron chi connectivity index (χ0n) is 20.9. The van der Waals surface area contributed by atoms with E-state index < -0.39 is 54.2 Å². The lowest BCUT2D eigenvalue weighted by Crippen LogP contribution is -2.56. The van der Waals surface area contributed by atoms with Gasteiger partial charge in [-0.2, -0.15) is 0 Å². The van der Waals surface area contributed by atoms with Gasteiger partial charge in [0, 0.05) is 43.4 Å². The quantitative estimate of drug-likeness (QED) is 0.0812. The molecule has 3 atom stereocenters. The van der Waals surface area contributed by atoms with Crippen molar-refractivity contribution in [1.82, 2.24) is 20.9 Å². The summed E-state index contributed by atoms with van der Waals surface area (Å²) in [6.45, 7) is 1.46. The van der Waals surface area contributed by atoms with E-state index in [1.807, 2.05) is 24.3 Å². The van der Waals surface area contributed by atoms with Gasteiger partial charge in [-0.3, -0.25) is 24.2 Å². The average Bonchev–Trinajstić information content (AvgIpc) is 3.25. The van der Waals surface area contributed by atoms with E-state index in [2.05, 4.69) is 25.9 Å². The number of guanidine groups is 1. The molecule has 0 radical (unpaired) electrons. The second kappa shape index (κ2) is 14.2. The van der Waals surface area contributed by atoms with Crippen LogP contribution in [0.5, 0.6) is 0 Å². The highest BCUT2D eigenvalue weighted by atomic mass is 16.4. The van der Waals surface area contributed by atoms with Gasteiger partial charge in [0.2, 0.25) is 17.7 Å². The molecule has 14 nitrogen and oxygen atoms in total. The van der Waals surface area contributed by atoms with E-state index in [0.717, 1.165) is 10.9 Å². The number of hydrogen-bond acceptors (Lipinski definition) is 6. The largest absolute Gasteiger partial charge is 0.481 e. The van der Waals surface area contributed by atoms with E-state index in [1.165, 1.54) is 6.92 Å². The Hall–Kier alpha value is -4.62. The minimum Gasteiger partial charge on any atom is -0.481 e. The van der Waals surface area contributed by atoms with Crippen molar-refractivity contribution in [3.05, 3.63) is 36.0 Å². The topological polar surface area (TPSA) is 242 Å². The number of hydrogen-bond donors (Lipinski definition) is 8. The molecule has 2 aromatic rings. The van der Waals surface area contributed by atoms with Crippen LogP contribution in [0, 0.1) is 0 Å². The van der Waals surface area contributed by atoms with Gasteiger partial charge in [-0.1, -0.05) is 18.2 Å². The molecule has 38 heavy (non-hydrogen) atoms. The molecule has 1 heterocycles. The van der Waals surface area contributed by atoms with E-state index in [4.69, 9.17) is 16.6 Å². The van der Waals surface area contributed by atoms with Gasteiger partial charge in [0.05, 0.1) is 0 Å². The maximum absolute atomic E-state index is 13.2. The van der Waals surface area contributed by atoms with Gasteiger partial charge in [0.15, 0.2) is 5.96 Å². The predicted molar refractivity (Wildman–Crippen MR) is 138 cm³/mol. The van der Waals surface area contributed by atoms with E-state index in [-0.39, 0.29) is 31.8 Å². The molecule has 0 saturated carbocycles. The van der Waals surface area contributed by atoms with Gasteiger partial charge in [-0.05, 0) is 30.9 Å². The zero-order valence-corrected chi connectivity index (χ0v) is 20.9. The van der Waals surface area contributed by atoms with Gasteiger partial charge >= 0.3 is 11.9 Å². The summed E-state index contributed by atoms with van der Waals surface area (Å²) in [5, 5.41) is 26.6. The van der Waals surface area contributed by atoms with Crippen molar-refractivity contribution in [2.45, 2.75) is 57.2 Å². The van der Waals surface area contributed by atoms with Crippen molar-refractivity contribution in [1.29, 1.82) is 0 Å². The number of aliphatic carboxylic acids is 2. The number of aromatic amines is 1. The fourth-order valence-corrected chi connectivity index (χ4v) is 3.82. The average molecular weight is 532 g/mol. The third-order valence-electron chi connectivity index (χ3n) is 5.63. The van der Waals surface area contributed by atoms with Crippen LogP contribution < -0.4 is 27.4 Å². The van der Waals surface area contributed by atoms with Gasteiger partial charge in [0.1, 0.15) is 18.1 Å². The number of fused-ring (bicyclic) bond motifs is 1. The molecule has 1 aromatic carbocycles. The van der Waals surface area contributed by atoms with Crippen molar-refractivity contribution >= 4 is 46.5 Å². The molecule has 0 bridgehead atoms. The number of amides is 3. The molecule has 0 aliphatic heterocycles. The molecule has 3 amide bonds. The first-order valence-electron chi connectivity index (χ1n) is 11.9. The van der Waals surface area contributed by atoms with Gasteiger partial charge in [-0.15, -0.1) is 0 Å². The minimum atomic E-state index is -1.48. The van der Waals surface area contributed by atoms with E-state index in [1.54, 1.807) is 6.20 Å². The lowest BCUT2D eigenvalue weighted by atomic mass is 10.0. The van der Waals surface area contributed by atoms with Crippen LogP contribution in [-0.2, 0) is 30.4 Å². The SMILES string of the molecule is CC(=O)N[C@@H](CCCN=C(N)N)C(=O)N[C@@H](Cc1c[nH]c2ccccc12)C(=O)N[C@@H](CCC(=O)O)C(=O)O. The van der Waals surface area contributed by atoms with Crippen LogP contribution >= 0.6 is 0 Å². The molecule has 14 heteroatoms. The lowest BCUT2D eigenvalue weighted by molar-refractivity contribution is -0.143. The summed E-state index contributed by atoms with van der Waals surface area (Å²) in [6, 6.07) is 3.57. The van der Waals surface area contributed by atoms with Gasteiger partial charge < -0.3 is 42.6 Å². The van der Waals surface area contributed by atoms with Gasteiger partial charge in [0.25, 0.3) is 0 Å². The molecular weight excluding hydrogens is 498 g/mol. The fourth-order valence-electron chi connectivity index (χ4n) is 3.82. The predicted octanol–water partition coefficient (Wildman–Crippen LogP) is -0.812. The molecule has 0 unspecified atom stereocenters. The molecular formula is C24H33N7O7. The number of nitrogens with zero attached hydrogens (tertiary/aromatic N) is 1. The normalized spacial score (nSPS) is 13.1. The van der Waals surface area contributed by atoms with Crippen LogP contribution in [-0.4, -0.2) is 75.5 Å². The molecule has 0 fully saturated rings. The number of para-hydroxylation sites is 1. The number of nitrogens with two attached hydrogens (primary N) is 2. The second-order valence-electron chi connectivity index (χ2n) is 8.66. The number of carbonyl (C=O) groups excluding carboxylic acids is 3. The zero-order chi connectivity index (χ0) is 28.2. The summed E-state index contributed by atoms with van der Waals surface area (Å²) in [7, 11) is 0. The van der Waals surface area contributed by atoms with Crippen molar-refractivity contribution in [3.8, 4) is 0 Å². The van der Waals surface area contributed by atoms with Gasteiger partial charge in [-0.25, -0.2) is 4.79 Å². The van der Waals surface area contributed by atoms with Crippen molar-refractivity contribution in [3.63, 3.8) is 0 Å². The van der Waals surface area contributed by atoms with E-state index in [0.29, 0.717) is 12.0 Å². The number of aliphatic imine (C=N–C) groups is 1. The minimum absolute atomic E-state index is 0.00630. The number of nitrogens with one attached hydrogen (secondary N) is 4. The molecule has 206 valence electrons. The molecule has 1 aromatic heterocycles. The van der Waals surface area contributed by atoms with Crippen LogP contribution in [0.4, 0.5) is 0 Å². The summed E-state index contributed by atoms with van der Waals surface area (Å²) >= 11 is 0. The first-order chi connectivity index (χ1) is 18.0. The molecule has 0 spiro atoms. The summed E-state index contributed by atoms with van der Waals surface area (Å²) in [4.78, 5) is 67.5. The Morgan fingerprint density at radius 3 is 2.24 bits per heavy atom. The first-order valence-corrected chi connectivity index (χ1v) is 11.9. The number of benzene rings is 1. The highest BCUT2D eigenvalue weighted by molar-refractivity contribution is 5.94. The Labute approximate surface area is 218 Å². The number of carbonyl (C=O) groups is 5. The highest BCUT2D eigenvalue weighted by Gasteiger charge is 2.30. The molecule has 2 rings (SSSR count). The summed E-state index contributed by atoms with van der Waals surface area (Å²) < 4.78 is 0. The maximum atomic E-state index is 13.2. The van der Waals surface area contributed by atoms with E-state index in [9.17, 15) is 29.1 Å². The van der Waals surface area contributed by atoms with Crippen molar-refractivity contribution < 1.29 is 34.2 Å². The number of carboxylic acid groups (broad SMARTS) is 2. The first kappa shape index (κ1) is 29.6. The Morgan fingerprint density at radius 1 is 0.947 bits per heavy atom. The van der Waals surface area contributed by atoms with Crippen LogP contribution in [0.3, 0.4) is 0 Å². The molecule has 10 N–H and O–H groups in total. The molecule has 0 saturated heterocycles. The Morgan fingerprint density at radius 2 is 1.61 bits per heavy atom. The van der Waals surface area contributed by atoms with Crippen molar-refractivity contribution in [2.75, 3.05) is 6.54 Å². The Bertz CT molecular complexity index is 1190. The van der Waals surface area contributed by atoms with Crippen LogP contribution in [0.2, 0.25) is 0 Å². The van der Waals surface area contributed by atoms with Crippen molar-refractivity contribution in [2.24, 2.45) is 16.5 Å². The lowest BCUT2D eigenvalue weighted by Gasteiger charge is -2.24. The monoisotopic (exact) mass is 531 g/mol. The van der Waals surface area contributed by atoms with Crippen LogP contribution in [0.25, 0.3) is 10.9 Å². The summed E-state index contributed by atoms with van der Waals surface area (Å²) in [6.07, 6.45) is 1.37.